The molecule has 0 aliphatic rings. The van der Waals surface area contributed by atoms with Crippen molar-refractivity contribution in [3.05, 3.63) is 57.7 Å². The number of hydrogen-bond donors (Lipinski definition) is 1. The van der Waals surface area contributed by atoms with Crippen LogP contribution in [0.15, 0.2) is 48.5 Å². The highest BCUT2D eigenvalue weighted by Gasteiger charge is 2.15. The summed E-state index contributed by atoms with van der Waals surface area (Å²) >= 11 is 2.18. The predicted molar refractivity (Wildman–Crippen MR) is 89.0 cm³/mol. The maximum Gasteiger partial charge on any atom is 0.265 e. The Kier molecular flexibility index (Phi) is 5.17. The summed E-state index contributed by atoms with van der Waals surface area (Å²) in [5.41, 5.74) is 1.08. The first-order valence-corrected chi connectivity index (χ1v) is 7.39. The van der Waals surface area contributed by atoms with E-state index in [4.69, 9.17) is 10.00 Å². The molecule has 4 nitrogen and oxygen atoms in total. The molecule has 0 fully saturated rings. The molecule has 0 aliphatic heterocycles. The fourth-order valence-electron chi connectivity index (χ4n) is 1.71. The second kappa shape index (κ2) is 7.09. The number of rotatable bonds is 4. The Morgan fingerprint density at radius 3 is 2.76 bits per heavy atom. The van der Waals surface area contributed by atoms with Gasteiger partial charge in [0.1, 0.15) is 5.75 Å². The van der Waals surface area contributed by atoms with Gasteiger partial charge >= 0.3 is 0 Å². The minimum absolute atomic E-state index is 0.260. The number of carbonyl (C=O) groups is 1. The number of anilines is 1. The standard InChI is InChI=1S/C16H13IN2O2/c1-11(21-15-7-3-5-13(17)9-15)16(20)19-14-6-2-4-12(8-14)10-18/h2-9,11H,1H3,(H,19,20). The molecule has 1 N–H and O–H groups in total. The first-order valence-electron chi connectivity index (χ1n) is 6.32. The zero-order chi connectivity index (χ0) is 15.2. The van der Waals surface area contributed by atoms with E-state index in [1.165, 1.54) is 0 Å². The van der Waals surface area contributed by atoms with Gasteiger partial charge in [-0.05, 0) is 65.9 Å². The SMILES string of the molecule is CC(Oc1cccc(I)c1)C(=O)Nc1cccc(C#N)c1. The highest BCUT2D eigenvalue weighted by Crippen LogP contribution is 2.17. The summed E-state index contributed by atoms with van der Waals surface area (Å²) in [6, 6.07) is 16.3. The van der Waals surface area contributed by atoms with Gasteiger partial charge < -0.3 is 10.1 Å². The molecule has 0 bridgehead atoms. The molecule has 1 amide bonds. The van der Waals surface area contributed by atoms with Gasteiger partial charge in [-0.15, -0.1) is 0 Å². The first-order chi connectivity index (χ1) is 10.1. The van der Waals surface area contributed by atoms with E-state index in [0.29, 0.717) is 17.0 Å². The summed E-state index contributed by atoms with van der Waals surface area (Å²) in [7, 11) is 0. The lowest BCUT2D eigenvalue weighted by Crippen LogP contribution is -2.30. The minimum atomic E-state index is -0.631. The van der Waals surface area contributed by atoms with Gasteiger partial charge in [-0.2, -0.15) is 5.26 Å². The van der Waals surface area contributed by atoms with Gasteiger partial charge in [-0.1, -0.05) is 12.1 Å². The van der Waals surface area contributed by atoms with E-state index in [-0.39, 0.29) is 5.91 Å². The molecule has 0 aromatic heterocycles. The number of nitrogens with zero attached hydrogens (tertiary/aromatic N) is 1. The molecule has 1 atom stereocenters. The Balaban J connectivity index is 2.01. The minimum Gasteiger partial charge on any atom is -0.481 e. The molecule has 2 rings (SSSR count). The molecule has 1 unspecified atom stereocenters. The molecule has 5 heteroatoms. The van der Waals surface area contributed by atoms with E-state index in [0.717, 1.165) is 3.57 Å². The Hall–Kier alpha value is -2.07. The van der Waals surface area contributed by atoms with Crippen molar-refractivity contribution in [1.29, 1.82) is 5.26 Å². The van der Waals surface area contributed by atoms with Gasteiger partial charge in [0.2, 0.25) is 0 Å². The lowest BCUT2D eigenvalue weighted by molar-refractivity contribution is -0.122. The smallest absolute Gasteiger partial charge is 0.265 e. The van der Waals surface area contributed by atoms with Gasteiger partial charge in [-0.25, -0.2) is 0 Å². The molecule has 106 valence electrons. The monoisotopic (exact) mass is 392 g/mol. The highest BCUT2D eigenvalue weighted by atomic mass is 127. The van der Waals surface area contributed by atoms with Crippen molar-refractivity contribution in [2.45, 2.75) is 13.0 Å². The largest absolute Gasteiger partial charge is 0.481 e. The second-order valence-electron chi connectivity index (χ2n) is 4.40. The van der Waals surface area contributed by atoms with Crippen LogP contribution in [0.25, 0.3) is 0 Å². The zero-order valence-corrected chi connectivity index (χ0v) is 13.5. The van der Waals surface area contributed by atoms with Crippen LogP contribution < -0.4 is 10.1 Å². The fourth-order valence-corrected chi connectivity index (χ4v) is 2.22. The van der Waals surface area contributed by atoms with E-state index in [1.54, 1.807) is 31.2 Å². The van der Waals surface area contributed by atoms with Gasteiger partial charge in [-0.3, -0.25) is 4.79 Å². The van der Waals surface area contributed by atoms with Gasteiger partial charge in [0.25, 0.3) is 5.91 Å². The topological polar surface area (TPSA) is 62.1 Å². The number of amides is 1. The molecule has 21 heavy (non-hydrogen) atoms. The van der Waals surface area contributed by atoms with Gasteiger partial charge in [0.15, 0.2) is 6.10 Å². The third-order valence-electron chi connectivity index (χ3n) is 2.74. The van der Waals surface area contributed by atoms with Crippen LogP contribution in [0.2, 0.25) is 0 Å². The molecule has 0 saturated heterocycles. The Bertz CT molecular complexity index is 695. The summed E-state index contributed by atoms with van der Waals surface area (Å²) in [5, 5.41) is 11.6. The lowest BCUT2D eigenvalue weighted by atomic mass is 10.2. The van der Waals surface area contributed by atoms with Crippen molar-refractivity contribution < 1.29 is 9.53 Å². The highest BCUT2D eigenvalue weighted by molar-refractivity contribution is 14.1. The molecule has 2 aromatic rings. The predicted octanol–water partition coefficient (Wildman–Crippen LogP) is 3.57. The number of ether oxygens (including phenoxy) is 1. The van der Waals surface area contributed by atoms with Crippen molar-refractivity contribution in [3.8, 4) is 11.8 Å². The van der Waals surface area contributed by atoms with E-state index < -0.39 is 6.10 Å². The average Bonchev–Trinajstić information content (AvgIpc) is 2.47. The average molecular weight is 392 g/mol. The number of carbonyl (C=O) groups excluding carboxylic acids is 1. The van der Waals surface area contributed by atoms with Gasteiger partial charge in [0, 0.05) is 9.26 Å². The molecule has 0 heterocycles. The number of benzene rings is 2. The maximum atomic E-state index is 12.1. The Morgan fingerprint density at radius 1 is 1.29 bits per heavy atom. The summed E-state index contributed by atoms with van der Waals surface area (Å²) in [5.74, 6) is 0.388. The third-order valence-corrected chi connectivity index (χ3v) is 3.41. The first kappa shape index (κ1) is 15.3. The van der Waals surface area contributed by atoms with Crippen LogP contribution in [0.1, 0.15) is 12.5 Å². The second-order valence-corrected chi connectivity index (χ2v) is 5.64. The van der Waals surface area contributed by atoms with Crippen LogP contribution in [-0.4, -0.2) is 12.0 Å². The summed E-state index contributed by atoms with van der Waals surface area (Å²) in [6.07, 6.45) is -0.631. The van der Waals surface area contributed by atoms with Crippen molar-refractivity contribution >= 4 is 34.2 Å². The van der Waals surface area contributed by atoms with Crippen LogP contribution >= 0.6 is 22.6 Å². The molecule has 2 aromatic carbocycles. The maximum absolute atomic E-state index is 12.1. The number of halogens is 1. The van der Waals surface area contributed by atoms with Crippen molar-refractivity contribution in [2.24, 2.45) is 0 Å². The molecule has 0 spiro atoms. The van der Waals surface area contributed by atoms with Crippen LogP contribution in [-0.2, 0) is 4.79 Å². The molecule has 0 radical (unpaired) electrons. The Labute approximate surface area is 136 Å². The zero-order valence-electron chi connectivity index (χ0n) is 11.3. The normalized spacial score (nSPS) is 11.3. The molecule has 0 aliphatic carbocycles. The van der Waals surface area contributed by atoms with Crippen LogP contribution in [0.5, 0.6) is 5.75 Å². The molecular weight excluding hydrogens is 379 g/mol. The lowest BCUT2D eigenvalue weighted by Gasteiger charge is -2.15. The van der Waals surface area contributed by atoms with Crippen molar-refractivity contribution in [1.82, 2.24) is 0 Å². The van der Waals surface area contributed by atoms with E-state index in [1.807, 2.05) is 30.3 Å². The van der Waals surface area contributed by atoms with Crippen molar-refractivity contribution in [3.63, 3.8) is 0 Å². The Morgan fingerprint density at radius 2 is 2.05 bits per heavy atom. The van der Waals surface area contributed by atoms with E-state index >= 15 is 0 Å². The van der Waals surface area contributed by atoms with Crippen LogP contribution in [0, 0.1) is 14.9 Å². The van der Waals surface area contributed by atoms with E-state index in [9.17, 15) is 4.79 Å². The van der Waals surface area contributed by atoms with Crippen molar-refractivity contribution in [2.75, 3.05) is 5.32 Å². The van der Waals surface area contributed by atoms with Crippen LogP contribution in [0.3, 0.4) is 0 Å². The number of nitriles is 1. The van der Waals surface area contributed by atoms with Crippen LogP contribution in [0.4, 0.5) is 5.69 Å². The molecule has 0 saturated carbocycles. The molecular formula is C16H13IN2O2. The number of hydrogen-bond acceptors (Lipinski definition) is 3. The summed E-state index contributed by atoms with van der Waals surface area (Å²) in [4.78, 5) is 12.1. The summed E-state index contributed by atoms with van der Waals surface area (Å²) < 4.78 is 6.65. The fraction of sp³-hybridized carbons (Fsp3) is 0.125. The quantitative estimate of drug-likeness (QED) is 0.810. The summed E-state index contributed by atoms with van der Waals surface area (Å²) in [6.45, 7) is 1.68. The van der Waals surface area contributed by atoms with Gasteiger partial charge in [0.05, 0.1) is 11.6 Å². The third kappa shape index (κ3) is 4.46. The number of nitrogens with one attached hydrogen (secondary N) is 1. The van der Waals surface area contributed by atoms with E-state index in [2.05, 4.69) is 27.9 Å².